The molecule has 2 heterocycles. The van der Waals surface area contributed by atoms with Crippen LogP contribution < -0.4 is 10.1 Å². The third kappa shape index (κ3) is 4.97. The number of halogens is 3. The zero-order valence-corrected chi connectivity index (χ0v) is 15.7. The van der Waals surface area contributed by atoms with Gasteiger partial charge in [-0.3, -0.25) is 9.88 Å². The van der Waals surface area contributed by atoms with E-state index < -0.39 is 12.5 Å². The largest absolute Gasteiger partial charge is 0.573 e. The van der Waals surface area contributed by atoms with Crippen molar-refractivity contribution < 1.29 is 23.0 Å². The highest BCUT2D eigenvalue weighted by atomic mass is 19.4. The van der Waals surface area contributed by atoms with Gasteiger partial charge >= 0.3 is 6.36 Å². The highest BCUT2D eigenvalue weighted by Crippen LogP contribution is 2.38. The molecule has 0 spiro atoms. The molecule has 2 aliphatic rings. The zero-order valence-electron chi connectivity index (χ0n) is 15.7. The van der Waals surface area contributed by atoms with E-state index in [0.29, 0.717) is 36.2 Å². The van der Waals surface area contributed by atoms with Crippen LogP contribution in [0.2, 0.25) is 0 Å². The van der Waals surface area contributed by atoms with Gasteiger partial charge < -0.3 is 15.2 Å². The van der Waals surface area contributed by atoms with E-state index in [2.05, 4.69) is 24.9 Å². The first-order valence-corrected chi connectivity index (χ1v) is 9.64. The van der Waals surface area contributed by atoms with E-state index in [4.69, 9.17) is 0 Å². The number of aliphatic hydroxyl groups excluding tert-OH is 1. The molecule has 0 radical (unpaired) electrons. The molecule has 2 N–H and O–H groups in total. The fourth-order valence-electron chi connectivity index (χ4n) is 4.48. The molecule has 1 aromatic carbocycles. The topological polar surface area (TPSA) is 70.5 Å². The van der Waals surface area contributed by atoms with Gasteiger partial charge in [0.1, 0.15) is 11.6 Å². The molecule has 0 unspecified atom stereocenters. The third-order valence-electron chi connectivity index (χ3n) is 5.71. The lowest BCUT2D eigenvalue weighted by atomic mass is 9.77. The molecule has 9 heteroatoms. The van der Waals surface area contributed by atoms with Crippen molar-refractivity contribution in [1.29, 1.82) is 0 Å². The minimum absolute atomic E-state index is 0.117. The van der Waals surface area contributed by atoms with Gasteiger partial charge in [-0.15, -0.1) is 13.2 Å². The molecule has 156 valence electrons. The monoisotopic (exact) mass is 408 g/mol. The summed E-state index contributed by atoms with van der Waals surface area (Å²) in [4.78, 5) is 10.4. The lowest BCUT2D eigenvalue weighted by Crippen LogP contribution is -2.43. The normalized spacial score (nSPS) is 27.4. The van der Waals surface area contributed by atoms with Crippen LogP contribution in [0.4, 0.5) is 19.0 Å². The quantitative estimate of drug-likeness (QED) is 0.793. The summed E-state index contributed by atoms with van der Waals surface area (Å²) in [6.07, 6.45) is 1.03. The number of rotatable bonds is 5. The second-order valence-electron chi connectivity index (χ2n) is 7.75. The summed E-state index contributed by atoms with van der Waals surface area (Å²) in [5.41, 5.74) is 0.512. The number of nitrogens with zero attached hydrogens (tertiary/aromatic N) is 3. The van der Waals surface area contributed by atoms with Gasteiger partial charge in [-0.1, -0.05) is 18.2 Å². The number of nitrogens with one attached hydrogen (secondary N) is 1. The number of aromatic nitrogens is 2. The molecule has 1 aromatic heterocycles. The molecule has 1 saturated carbocycles. The van der Waals surface area contributed by atoms with Crippen molar-refractivity contribution in [3.8, 4) is 5.75 Å². The summed E-state index contributed by atoms with van der Waals surface area (Å²) in [5.74, 6) is 1.16. The molecule has 2 aromatic rings. The number of hydrogen-bond donors (Lipinski definition) is 2. The van der Waals surface area contributed by atoms with Crippen molar-refractivity contribution in [2.75, 3.05) is 18.4 Å². The van der Waals surface area contributed by atoms with Crippen LogP contribution >= 0.6 is 0 Å². The molecule has 0 bridgehead atoms. The number of anilines is 1. The molecular formula is C20H23F3N4O2. The summed E-state index contributed by atoms with van der Waals surface area (Å²) in [6.45, 7) is 1.91. The van der Waals surface area contributed by atoms with Crippen molar-refractivity contribution in [2.45, 2.75) is 37.9 Å². The lowest BCUT2D eigenvalue weighted by molar-refractivity contribution is -0.275. The van der Waals surface area contributed by atoms with Crippen LogP contribution in [-0.2, 0) is 6.54 Å². The van der Waals surface area contributed by atoms with Crippen LogP contribution in [0.5, 0.6) is 5.75 Å². The fourth-order valence-corrected chi connectivity index (χ4v) is 4.48. The maximum atomic E-state index is 12.7. The van der Waals surface area contributed by atoms with Gasteiger partial charge in [0.25, 0.3) is 0 Å². The highest BCUT2D eigenvalue weighted by molar-refractivity contribution is 5.34. The highest BCUT2D eigenvalue weighted by Gasteiger charge is 2.42. The lowest BCUT2D eigenvalue weighted by Gasteiger charge is -2.35. The number of likely N-dealkylation sites (tertiary alicyclic amines) is 1. The summed E-state index contributed by atoms with van der Waals surface area (Å²) < 4.78 is 42.2. The Morgan fingerprint density at radius 1 is 1.14 bits per heavy atom. The first-order valence-electron chi connectivity index (χ1n) is 9.64. The average molecular weight is 408 g/mol. The van der Waals surface area contributed by atoms with Gasteiger partial charge in [-0.2, -0.15) is 0 Å². The molecule has 2 fully saturated rings. The summed E-state index contributed by atoms with van der Waals surface area (Å²) in [5, 5.41) is 13.8. The van der Waals surface area contributed by atoms with E-state index >= 15 is 0 Å². The molecule has 1 aliphatic heterocycles. The zero-order chi connectivity index (χ0) is 20.4. The van der Waals surface area contributed by atoms with Crippen LogP contribution in [0.15, 0.2) is 42.9 Å². The third-order valence-corrected chi connectivity index (χ3v) is 5.71. The summed E-state index contributed by atoms with van der Waals surface area (Å²) >= 11 is 0. The molecule has 1 aliphatic carbocycles. The minimum Gasteiger partial charge on any atom is -0.405 e. The second kappa shape index (κ2) is 8.16. The number of hydrogen-bond acceptors (Lipinski definition) is 6. The summed E-state index contributed by atoms with van der Waals surface area (Å²) in [6, 6.07) is 6.14. The van der Waals surface area contributed by atoms with E-state index in [1.165, 1.54) is 12.1 Å². The van der Waals surface area contributed by atoms with Crippen LogP contribution in [0.3, 0.4) is 0 Å². The first kappa shape index (κ1) is 19.9. The van der Waals surface area contributed by atoms with E-state index in [1.54, 1.807) is 30.7 Å². The number of aliphatic hydroxyl groups is 1. The van der Waals surface area contributed by atoms with Crippen LogP contribution in [-0.4, -0.2) is 51.6 Å². The Kier molecular flexibility index (Phi) is 5.60. The Bertz CT molecular complexity index is 821. The molecule has 4 rings (SSSR count). The Labute approximate surface area is 166 Å². The van der Waals surface area contributed by atoms with Gasteiger partial charge in [-0.05, 0) is 30.7 Å². The number of fused-ring (bicyclic) bond motifs is 1. The number of benzene rings is 1. The van der Waals surface area contributed by atoms with Crippen molar-refractivity contribution >= 4 is 5.82 Å². The Balaban J connectivity index is 1.39. The predicted molar refractivity (Wildman–Crippen MR) is 100 cm³/mol. The predicted octanol–water partition coefficient (Wildman–Crippen LogP) is 3.06. The Morgan fingerprint density at radius 2 is 1.90 bits per heavy atom. The first-order chi connectivity index (χ1) is 13.9. The van der Waals surface area contributed by atoms with Gasteiger partial charge in [0.15, 0.2) is 0 Å². The van der Waals surface area contributed by atoms with Crippen LogP contribution in [0.1, 0.15) is 18.4 Å². The van der Waals surface area contributed by atoms with Crippen LogP contribution in [0.25, 0.3) is 0 Å². The maximum Gasteiger partial charge on any atom is 0.573 e. The van der Waals surface area contributed by atoms with Gasteiger partial charge in [0, 0.05) is 37.6 Å². The fraction of sp³-hybridized carbons (Fsp3) is 0.500. The summed E-state index contributed by atoms with van der Waals surface area (Å²) in [7, 11) is 0. The number of para-hydroxylation sites is 1. The van der Waals surface area contributed by atoms with Crippen LogP contribution in [0, 0.1) is 11.8 Å². The Morgan fingerprint density at radius 3 is 2.62 bits per heavy atom. The molecular weight excluding hydrogens is 385 g/mol. The molecule has 4 atom stereocenters. The number of alkyl halides is 3. The van der Waals surface area contributed by atoms with E-state index in [9.17, 15) is 18.3 Å². The molecule has 1 saturated heterocycles. The van der Waals surface area contributed by atoms with Crippen molar-refractivity contribution in [2.24, 2.45) is 11.8 Å². The van der Waals surface area contributed by atoms with Gasteiger partial charge in [0.2, 0.25) is 0 Å². The minimum atomic E-state index is -4.71. The van der Waals surface area contributed by atoms with Gasteiger partial charge in [0.05, 0.1) is 18.3 Å². The van der Waals surface area contributed by atoms with Crippen molar-refractivity contribution in [1.82, 2.24) is 14.9 Å². The Hall–Kier alpha value is -2.39. The van der Waals surface area contributed by atoms with E-state index in [-0.39, 0.29) is 11.8 Å². The molecule has 29 heavy (non-hydrogen) atoms. The number of ether oxygens (including phenoxy) is 1. The van der Waals surface area contributed by atoms with E-state index in [1.807, 2.05) is 0 Å². The van der Waals surface area contributed by atoms with Crippen molar-refractivity contribution in [3.05, 3.63) is 48.4 Å². The average Bonchev–Trinajstić information content (AvgIpc) is 3.04. The van der Waals surface area contributed by atoms with Crippen molar-refractivity contribution in [3.63, 3.8) is 0 Å². The second-order valence-corrected chi connectivity index (χ2v) is 7.75. The van der Waals surface area contributed by atoms with E-state index in [0.717, 1.165) is 19.5 Å². The molecule has 0 amide bonds. The SMILES string of the molecule is O[C@@H]1C[C@H]2CN(Cc3ccccc3OC(F)(F)F)C[C@H]2C[C@H]1Nc1cnccn1. The maximum absolute atomic E-state index is 12.7. The smallest absolute Gasteiger partial charge is 0.405 e. The molecule has 6 nitrogen and oxygen atoms in total. The van der Waals surface area contributed by atoms with Gasteiger partial charge in [-0.25, -0.2) is 4.98 Å². The standard InChI is InChI=1S/C20H23F3N4O2/c21-20(22,23)29-18-4-2-1-3-13(18)10-27-11-14-7-16(17(28)8-15(14)12-27)26-19-9-24-5-6-25-19/h1-6,9,14-17,28H,7-8,10-12H2,(H,25,26)/t14-,15+,16-,17-/m1/s1.